The molecule has 0 aliphatic rings. The summed E-state index contributed by atoms with van der Waals surface area (Å²) in [7, 11) is 0. The summed E-state index contributed by atoms with van der Waals surface area (Å²) in [6.07, 6.45) is 0. The molecule has 0 aromatic carbocycles. The Balaban J connectivity index is 2.93. The van der Waals surface area contributed by atoms with Gasteiger partial charge in [-0.1, -0.05) is 6.07 Å². The summed E-state index contributed by atoms with van der Waals surface area (Å²) in [6.45, 7) is -1.63. The molecule has 66 valence electrons. The van der Waals surface area contributed by atoms with Gasteiger partial charge in [-0.3, -0.25) is 4.79 Å². The molecule has 0 amide bonds. The molecule has 0 fully saturated rings. The highest BCUT2D eigenvalue weighted by Crippen LogP contribution is 2.32. The average Bonchev–Trinajstić information content (AvgIpc) is 2.55. The van der Waals surface area contributed by atoms with Crippen molar-refractivity contribution in [1.82, 2.24) is 0 Å². The molecule has 1 rings (SSSR count). The van der Waals surface area contributed by atoms with Crippen LogP contribution in [0.2, 0.25) is 0 Å². The van der Waals surface area contributed by atoms with Gasteiger partial charge in [0.1, 0.15) is 0 Å². The Morgan fingerprint density at radius 3 is 2.67 bits per heavy atom. The van der Waals surface area contributed by atoms with Gasteiger partial charge in [0.15, 0.2) is 6.67 Å². The average molecular weight is 194 g/mol. The summed E-state index contributed by atoms with van der Waals surface area (Å²) in [4.78, 5) is 10.0. The lowest BCUT2D eigenvalue weighted by atomic mass is 10.2. The molecule has 1 heterocycles. The summed E-state index contributed by atoms with van der Waals surface area (Å²) in [5.41, 5.74) is 0. The molecule has 0 aliphatic heterocycles. The standard InChI is InChI=1S/C7H5F3OS/c8-4-5(11)7(9,10)6-2-1-3-12-6/h1-3H,4H2. The predicted octanol–water partition coefficient (Wildman–Crippen LogP) is 2.38. The van der Waals surface area contributed by atoms with Crippen molar-refractivity contribution in [3.05, 3.63) is 22.4 Å². The van der Waals surface area contributed by atoms with Crippen LogP contribution in [-0.2, 0) is 10.7 Å². The van der Waals surface area contributed by atoms with Crippen LogP contribution in [0.25, 0.3) is 0 Å². The lowest BCUT2D eigenvalue weighted by Crippen LogP contribution is -2.26. The van der Waals surface area contributed by atoms with Gasteiger partial charge < -0.3 is 0 Å². The van der Waals surface area contributed by atoms with Crippen molar-refractivity contribution in [1.29, 1.82) is 0 Å². The summed E-state index contributed by atoms with van der Waals surface area (Å²) >= 11 is 0.736. The molecule has 1 nitrogen and oxygen atoms in total. The van der Waals surface area contributed by atoms with Crippen molar-refractivity contribution >= 4 is 17.1 Å². The van der Waals surface area contributed by atoms with Crippen molar-refractivity contribution in [2.24, 2.45) is 0 Å². The molecule has 0 spiro atoms. The maximum atomic E-state index is 12.8. The minimum absolute atomic E-state index is 0.412. The van der Waals surface area contributed by atoms with Crippen LogP contribution in [0.5, 0.6) is 0 Å². The largest absolute Gasteiger partial charge is 0.342 e. The number of alkyl halides is 3. The van der Waals surface area contributed by atoms with Crippen LogP contribution in [0.4, 0.5) is 13.2 Å². The van der Waals surface area contributed by atoms with E-state index in [1.54, 1.807) is 0 Å². The Hall–Kier alpha value is -0.840. The van der Waals surface area contributed by atoms with Gasteiger partial charge in [0.2, 0.25) is 5.78 Å². The predicted molar refractivity (Wildman–Crippen MR) is 39.2 cm³/mol. The molecular weight excluding hydrogens is 189 g/mol. The quantitative estimate of drug-likeness (QED) is 0.722. The summed E-state index contributed by atoms with van der Waals surface area (Å²) in [5, 5.41) is 1.41. The monoisotopic (exact) mass is 194 g/mol. The van der Waals surface area contributed by atoms with Crippen molar-refractivity contribution in [2.75, 3.05) is 6.67 Å². The van der Waals surface area contributed by atoms with Gasteiger partial charge in [-0.15, -0.1) is 11.3 Å². The maximum Gasteiger partial charge on any atom is 0.342 e. The first-order valence-electron chi connectivity index (χ1n) is 3.10. The Kier molecular flexibility index (Phi) is 2.52. The van der Waals surface area contributed by atoms with Crippen LogP contribution < -0.4 is 0 Å². The lowest BCUT2D eigenvalue weighted by Gasteiger charge is -2.09. The first kappa shape index (κ1) is 9.25. The number of Topliss-reactive ketones (excluding diaryl/α,β-unsaturated/α-hetero) is 1. The van der Waals surface area contributed by atoms with E-state index in [-0.39, 0.29) is 0 Å². The molecule has 5 heteroatoms. The SMILES string of the molecule is O=C(CF)C(F)(F)c1cccs1. The third kappa shape index (κ3) is 1.50. The van der Waals surface area contributed by atoms with Gasteiger partial charge in [0, 0.05) is 0 Å². The number of hydrogen-bond acceptors (Lipinski definition) is 2. The van der Waals surface area contributed by atoms with Gasteiger partial charge in [0.05, 0.1) is 4.88 Å². The van der Waals surface area contributed by atoms with E-state index in [2.05, 4.69) is 0 Å². The number of ketones is 1. The number of carbonyl (C=O) groups is 1. The second kappa shape index (κ2) is 3.26. The molecule has 0 saturated heterocycles. The molecule has 0 bridgehead atoms. The van der Waals surface area contributed by atoms with Gasteiger partial charge in [-0.25, -0.2) is 4.39 Å². The third-order valence-electron chi connectivity index (χ3n) is 1.30. The van der Waals surface area contributed by atoms with E-state index >= 15 is 0 Å². The maximum absolute atomic E-state index is 12.8. The van der Waals surface area contributed by atoms with Crippen LogP contribution in [0.3, 0.4) is 0 Å². The fraction of sp³-hybridized carbons (Fsp3) is 0.286. The molecule has 0 saturated carbocycles. The van der Waals surface area contributed by atoms with Crippen molar-refractivity contribution in [3.63, 3.8) is 0 Å². The Morgan fingerprint density at radius 2 is 2.25 bits per heavy atom. The first-order valence-corrected chi connectivity index (χ1v) is 3.98. The normalized spacial score (nSPS) is 11.6. The number of carbonyl (C=O) groups excluding carboxylic acids is 1. The van der Waals surface area contributed by atoms with Gasteiger partial charge >= 0.3 is 5.92 Å². The Morgan fingerprint density at radius 1 is 1.58 bits per heavy atom. The van der Waals surface area contributed by atoms with E-state index in [9.17, 15) is 18.0 Å². The smallest absolute Gasteiger partial charge is 0.289 e. The second-order valence-corrected chi connectivity index (χ2v) is 3.06. The number of halogens is 3. The van der Waals surface area contributed by atoms with Crippen LogP contribution in [0, 0.1) is 0 Å². The van der Waals surface area contributed by atoms with E-state index in [0.29, 0.717) is 0 Å². The minimum Gasteiger partial charge on any atom is -0.289 e. The zero-order valence-corrected chi connectivity index (χ0v) is 6.71. The molecular formula is C7H5F3OS. The topological polar surface area (TPSA) is 17.1 Å². The number of hydrogen-bond donors (Lipinski definition) is 0. The fourth-order valence-electron chi connectivity index (χ4n) is 0.679. The van der Waals surface area contributed by atoms with E-state index in [1.165, 1.54) is 11.4 Å². The first-order chi connectivity index (χ1) is 5.59. The van der Waals surface area contributed by atoms with Crippen LogP contribution in [0.1, 0.15) is 4.88 Å². The highest BCUT2D eigenvalue weighted by atomic mass is 32.1. The molecule has 0 radical (unpaired) electrons. The molecule has 0 N–H and O–H groups in total. The molecule has 12 heavy (non-hydrogen) atoms. The molecule has 0 atom stereocenters. The van der Waals surface area contributed by atoms with Gasteiger partial charge in [0.25, 0.3) is 0 Å². The molecule has 1 aromatic rings. The number of thiophene rings is 1. The summed E-state index contributed by atoms with van der Waals surface area (Å²) in [5.74, 6) is -5.35. The van der Waals surface area contributed by atoms with Crippen LogP contribution in [-0.4, -0.2) is 12.5 Å². The Labute approximate surface area is 70.8 Å². The third-order valence-corrected chi connectivity index (χ3v) is 2.24. The summed E-state index contributed by atoms with van der Waals surface area (Å²) < 4.78 is 37.3. The van der Waals surface area contributed by atoms with E-state index in [4.69, 9.17) is 0 Å². The van der Waals surface area contributed by atoms with Crippen LogP contribution in [0.15, 0.2) is 17.5 Å². The summed E-state index contributed by atoms with van der Waals surface area (Å²) in [6, 6.07) is 2.50. The van der Waals surface area contributed by atoms with Crippen molar-refractivity contribution in [3.8, 4) is 0 Å². The zero-order valence-electron chi connectivity index (χ0n) is 5.89. The fourth-order valence-corrected chi connectivity index (χ4v) is 1.40. The highest BCUT2D eigenvalue weighted by Gasteiger charge is 2.41. The number of rotatable bonds is 3. The molecule has 1 aromatic heterocycles. The van der Waals surface area contributed by atoms with Crippen molar-refractivity contribution in [2.45, 2.75) is 5.92 Å². The Bertz CT molecular complexity index is 268. The highest BCUT2D eigenvalue weighted by molar-refractivity contribution is 7.10. The minimum atomic E-state index is -3.66. The van der Waals surface area contributed by atoms with E-state index < -0.39 is 23.3 Å². The lowest BCUT2D eigenvalue weighted by molar-refractivity contribution is -0.144. The second-order valence-electron chi connectivity index (χ2n) is 2.11. The van der Waals surface area contributed by atoms with Crippen LogP contribution >= 0.6 is 11.3 Å². The zero-order chi connectivity index (χ0) is 9.19. The van der Waals surface area contributed by atoms with Gasteiger partial charge in [-0.2, -0.15) is 8.78 Å². The van der Waals surface area contributed by atoms with Gasteiger partial charge in [-0.05, 0) is 11.4 Å². The molecule has 0 unspecified atom stereocenters. The molecule has 0 aliphatic carbocycles. The van der Waals surface area contributed by atoms with E-state index in [1.807, 2.05) is 0 Å². The van der Waals surface area contributed by atoms with E-state index in [0.717, 1.165) is 17.4 Å². The van der Waals surface area contributed by atoms with Crippen molar-refractivity contribution < 1.29 is 18.0 Å².